The van der Waals surface area contributed by atoms with Crippen LogP contribution >= 0.6 is 23.4 Å². The number of nitrogens with zero attached hydrogens (tertiary/aromatic N) is 2. The first-order valence-corrected chi connectivity index (χ1v) is 11.9. The molecule has 7 nitrogen and oxygen atoms in total. The molecule has 2 atom stereocenters. The van der Waals surface area contributed by atoms with Crippen LogP contribution in [0, 0.1) is 0 Å². The van der Waals surface area contributed by atoms with Crippen LogP contribution < -0.4 is 14.4 Å². The van der Waals surface area contributed by atoms with Gasteiger partial charge in [-0.2, -0.15) is 4.99 Å². The number of halogens is 1. The number of benzene rings is 2. The van der Waals surface area contributed by atoms with Crippen LogP contribution in [0.5, 0.6) is 11.5 Å². The molecule has 5 rings (SSSR count). The second-order valence-corrected chi connectivity index (χ2v) is 10.7. The van der Waals surface area contributed by atoms with Gasteiger partial charge in [0.1, 0.15) is 0 Å². The van der Waals surface area contributed by atoms with Crippen molar-refractivity contribution in [3.8, 4) is 11.5 Å². The number of hydrogen-bond acceptors (Lipinski definition) is 6. The van der Waals surface area contributed by atoms with Crippen LogP contribution in [0.1, 0.15) is 10.4 Å². The predicted octanol–water partition coefficient (Wildman–Crippen LogP) is 2.98. The van der Waals surface area contributed by atoms with Gasteiger partial charge < -0.3 is 14.4 Å². The molecule has 0 radical (unpaired) electrons. The molecule has 0 N–H and O–H groups in total. The Kier molecular flexibility index (Phi) is 4.49. The highest BCUT2D eigenvalue weighted by Crippen LogP contribution is 2.44. The van der Waals surface area contributed by atoms with Gasteiger partial charge in [-0.05, 0) is 36.4 Å². The number of sulfone groups is 1. The molecule has 0 aliphatic carbocycles. The number of fused-ring (bicyclic) bond motifs is 2. The lowest BCUT2D eigenvalue weighted by Crippen LogP contribution is -2.37. The van der Waals surface area contributed by atoms with E-state index in [0.29, 0.717) is 32.9 Å². The molecular weight excluding hydrogens is 436 g/mol. The summed E-state index contributed by atoms with van der Waals surface area (Å²) in [7, 11) is -3.14. The molecule has 3 heterocycles. The third-order valence-electron chi connectivity index (χ3n) is 4.99. The first-order valence-electron chi connectivity index (χ1n) is 8.84. The maximum Gasteiger partial charge on any atom is 0.279 e. The minimum absolute atomic E-state index is 0.0211. The fraction of sp³-hybridized carbons (Fsp3) is 0.263. The second-order valence-electron chi connectivity index (χ2n) is 6.91. The summed E-state index contributed by atoms with van der Waals surface area (Å²) in [5.41, 5.74) is 1.13. The molecule has 0 spiro atoms. The number of rotatable bonds is 2. The highest BCUT2D eigenvalue weighted by molar-refractivity contribution is 8.16. The van der Waals surface area contributed by atoms with Crippen LogP contribution in [0.4, 0.5) is 5.69 Å². The van der Waals surface area contributed by atoms with Crippen molar-refractivity contribution in [3.63, 3.8) is 0 Å². The molecule has 2 aromatic carbocycles. The zero-order valence-electron chi connectivity index (χ0n) is 14.9. The van der Waals surface area contributed by atoms with E-state index in [1.165, 1.54) is 11.8 Å². The standard InChI is InChI=1S/C19H15ClN2O5S2/c20-12-3-1-11(2-4-12)18(23)21-19-22(14-8-29(24,25)9-17(14)28-19)13-5-6-15-16(7-13)27-10-26-15/h1-7,14,17H,8-10H2/t14-,17-/m1/s1. The smallest absolute Gasteiger partial charge is 0.279 e. The van der Waals surface area contributed by atoms with Crippen LogP contribution in [0.25, 0.3) is 0 Å². The van der Waals surface area contributed by atoms with Gasteiger partial charge >= 0.3 is 0 Å². The van der Waals surface area contributed by atoms with E-state index in [2.05, 4.69) is 4.99 Å². The maximum atomic E-state index is 12.7. The molecule has 3 aliphatic heterocycles. The van der Waals surface area contributed by atoms with E-state index in [-0.39, 0.29) is 29.6 Å². The molecule has 0 unspecified atom stereocenters. The van der Waals surface area contributed by atoms with Gasteiger partial charge in [-0.25, -0.2) is 8.42 Å². The van der Waals surface area contributed by atoms with E-state index in [0.717, 1.165) is 0 Å². The van der Waals surface area contributed by atoms with Crippen LogP contribution in [0.15, 0.2) is 47.5 Å². The minimum atomic E-state index is -3.14. The summed E-state index contributed by atoms with van der Waals surface area (Å²) in [4.78, 5) is 18.8. The summed E-state index contributed by atoms with van der Waals surface area (Å²) in [6.07, 6.45) is 0. The molecule has 2 saturated heterocycles. The molecule has 150 valence electrons. The Labute approximate surface area is 176 Å². The van der Waals surface area contributed by atoms with E-state index in [9.17, 15) is 13.2 Å². The number of aliphatic imine (C=N–C) groups is 1. The van der Waals surface area contributed by atoms with Gasteiger partial charge in [0.2, 0.25) is 6.79 Å². The van der Waals surface area contributed by atoms with E-state index in [1.54, 1.807) is 36.4 Å². The van der Waals surface area contributed by atoms with E-state index >= 15 is 0 Å². The average Bonchev–Trinajstić information content (AvgIpc) is 3.33. The maximum absolute atomic E-state index is 12.7. The van der Waals surface area contributed by atoms with Crippen LogP contribution in [-0.4, -0.2) is 49.1 Å². The predicted molar refractivity (Wildman–Crippen MR) is 112 cm³/mol. The van der Waals surface area contributed by atoms with Crippen LogP contribution in [0.3, 0.4) is 0 Å². The molecule has 2 aromatic rings. The van der Waals surface area contributed by atoms with Crippen molar-refractivity contribution in [2.45, 2.75) is 11.3 Å². The number of thioether (sulfide) groups is 1. The Hall–Kier alpha value is -2.23. The van der Waals surface area contributed by atoms with Gasteiger partial charge in [-0.1, -0.05) is 23.4 Å². The zero-order valence-corrected chi connectivity index (χ0v) is 17.3. The summed E-state index contributed by atoms with van der Waals surface area (Å²) in [6, 6.07) is 11.6. The SMILES string of the molecule is O=C(N=C1S[C@@H]2CS(=O)(=O)C[C@H]2N1c1ccc2c(c1)OCO2)c1ccc(Cl)cc1. The Morgan fingerprint density at radius 2 is 1.86 bits per heavy atom. The second kappa shape index (κ2) is 6.93. The summed E-state index contributed by atoms with van der Waals surface area (Å²) in [5.74, 6) is 0.898. The van der Waals surface area contributed by atoms with Crippen LogP contribution in [-0.2, 0) is 9.84 Å². The fourth-order valence-corrected chi connectivity index (χ4v) is 7.68. The number of carbonyl (C=O) groups excluding carboxylic acids is 1. The monoisotopic (exact) mass is 450 g/mol. The average molecular weight is 451 g/mol. The van der Waals surface area contributed by atoms with Crippen molar-refractivity contribution in [2.75, 3.05) is 23.2 Å². The largest absolute Gasteiger partial charge is 0.454 e. The van der Waals surface area contributed by atoms with Crippen molar-refractivity contribution >= 4 is 50.0 Å². The molecule has 0 aromatic heterocycles. The highest BCUT2D eigenvalue weighted by atomic mass is 35.5. The summed E-state index contributed by atoms with van der Waals surface area (Å²) >= 11 is 7.21. The van der Waals surface area contributed by atoms with Crippen molar-refractivity contribution < 1.29 is 22.7 Å². The first-order chi connectivity index (χ1) is 13.9. The first kappa shape index (κ1) is 18.8. The van der Waals surface area contributed by atoms with Gasteiger partial charge in [-0.15, -0.1) is 0 Å². The number of hydrogen-bond donors (Lipinski definition) is 0. The van der Waals surface area contributed by atoms with E-state index in [1.807, 2.05) is 11.0 Å². The van der Waals surface area contributed by atoms with Crippen LogP contribution in [0.2, 0.25) is 5.02 Å². The third-order valence-corrected chi connectivity index (χ3v) is 8.45. The molecule has 0 bridgehead atoms. The number of amidine groups is 1. The Bertz CT molecular complexity index is 1130. The Balaban J connectivity index is 1.53. The molecule has 1 amide bonds. The molecule has 10 heteroatoms. The number of ether oxygens (including phenoxy) is 2. The quantitative estimate of drug-likeness (QED) is 0.695. The van der Waals surface area contributed by atoms with Crippen molar-refractivity contribution in [1.82, 2.24) is 0 Å². The van der Waals surface area contributed by atoms with Crippen molar-refractivity contribution in [3.05, 3.63) is 53.1 Å². The molecule has 2 fully saturated rings. The number of anilines is 1. The topological polar surface area (TPSA) is 85.3 Å². The van der Waals surface area contributed by atoms with E-state index in [4.69, 9.17) is 21.1 Å². The summed E-state index contributed by atoms with van der Waals surface area (Å²) < 4.78 is 35.2. The molecular formula is C19H15ClN2O5S2. The summed E-state index contributed by atoms with van der Waals surface area (Å²) in [5, 5.41) is 0.835. The van der Waals surface area contributed by atoms with Gasteiger partial charge in [0.15, 0.2) is 26.5 Å². The summed E-state index contributed by atoms with van der Waals surface area (Å²) in [6.45, 7) is 0.143. The number of amides is 1. The Morgan fingerprint density at radius 1 is 1.10 bits per heavy atom. The fourth-order valence-electron chi connectivity index (χ4n) is 3.65. The van der Waals surface area contributed by atoms with Gasteiger partial charge in [-0.3, -0.25) is 4.79 Å². The lowest BCUT2D eigenvalue weighted by atomic mass is 10.2. The highest BCUT2D eigenvalue weighted by Gasteiger charge is 2.49. The molecule has 3 aliphatic rings. The van der Waals surface area contributed by atoms with Gasteiger partial charge in [0.25, 0.3) is 5.91 Å². The minimum Gasteiger partial charge on any atom is -0.454 e. The third kappa shape index (κ3) is 3.47. The lowest BCUT2D eigenvalue weighted by molar-refractivity contribution is 0.100. The zero-order chi connectivity index (χ0) is 20.2. The van der Waals surface area contributed by atoms with Crippen molar-refractivity contribution in [2.24, 2.45) is 4.99 Å². The van der Waals surface area contributed by atoms with Gasteiger partial charge in [0, 0.05) is 27.6 Å². The lowest BCUT2D eigenvalue weighted by Gasteiger charge is -2.24. The van der Waals surface area contributed by atoms with Gasteiger partial charge in [0.05, 0.1) is 17.5 Å². The Morgan fingerprint density at radius 3 is 2.66 bits per heavy atom. The van der Waals surface area contributed by atoms with Crippen molar-refractivity contribution in [1.29, 1.82) is 0 Å². The normalized spacial score (nSPS) is 25.4. The molecule has 0 saturated carbocycles. The van der Waals surface area contributed by atoms with E-state index < -0.39 is 15.7 Å². The number of carbonyl (C=O) groups is 1. The molecule has 29 heavy (non-hydrogen) atoms.